The van der Waals surface area contributed by atoms with Crippen LogP contribution in [0.4, 0.5) is 0 Å². The highest BCUT2D eigenvalue weighted by Gasteiger charge is 2.06. The van der Waals surface area contributed by atoms with Gasteiger partial charge in [0.05, 0.1) is 0 Å². The highest BCUT2D eigenvalue weighted by Crippen LogP contribution is 2.18. The second-order valence-corrected chi connectivity index (χ2v) is 4.35. The van der Waals surface area contributed by atoms with Crippen LogP contribution in [0.15, 0.2) is 10.5 Å². The molecule has 0 aromatic carbocycles. The van der Waals surface area contributed by atoms with Crippen LogP contribution in [0.3, 0.4) is 0 Å². The molecule has 0 aliphatic rings. The first-order valence-corrected chi connectivity index (χ1v) is 6.36. The van der Waals surface area contributed by atoms with Gasteiger partial charge in [0.15, 0.2) is 0 Å². The van der Waals surface area contributed by atoms with Gasteiger partial charge < -0.3 is 4.42 Å². The first-order chi connectivity index (χ1) is 7.27. The minimum absolute atomic E-state index is 1.10. The Morgan fingerprint density at radius 2 is 1.73 bits per heavy atom. The number of hydrogen-bond acceptors (Lipinski definition) is 1. The van der Waals surface area contributed by atoms with Crippen molar-refractivity contribution in [3.63, 3.8) is 0 Å². The maximum Gasteiger partial charge on any atom is 0.104 e. The smallest absolute Gasteiger partial charge is 0.104 e. The van der Waals surface area contributed by atoms with Crippen LogP contribution in [-0.4, -0.2) is 0 Å². The molecule has 1 heterocycles. The molecule has 1 aromatic heterocycles. The zero-order valence-corrected chi connectivity index (χ0v) is 10.4. The summed E-state index contributed by atoms with van der Waals surface area (Å²) in [5.41, 5.74) is 1.43. The third-order valence-corrected chi connectivity index (χ3v) is 2.90. The fraction of sp³-hybridized carbons (Fsp3) is 0.714. The van der Waals surface area contributed by atoms with E-state index in [1.807, 2.05) is 0 Å². The van der Waals surface area contributed by atoms with Crippen LogP contribution in [0.1, 0.15) is 63.0 Å². The molecule has 0 unspecified atom stereocenters. The first-order valence-electron chi connectivity index (χ1n) is 6.36. The molecule has 15 heavy (non-hydrogen) atoms. The SMILES string of the molecule is CCCCCc1cc(CCCC)oc1C. The van der Waals surface area contributed by atoms with Crippen molar-refractivity contribution in [2.75, 3.05) is 0 Å². The van der Waals surface area contributed by atoms with Gasteiger partial charge in [-0.15, -0.1) is 0 Å². The van der Waals surface area contributed by atoms with E-state index in [1.54, 1.807) is 0 Å². The Morgan fingerprint density at radius 1 is 1.00 bits per heavy atom. The summed E-state index contributed by atoms with van der Waals surface area (Å²) in [5, 5.41) is 0. The van der Waals surface area contributed by atoms with Gasteiger partial charge in [-0.3, -0.25) is 0 Å². The van der Waals surface area contributed by atoms with Gasteiger partial charge in [-0.05, 0) is 37.8 Å². The standard InChI is InChI=1S/C14H24O/c1-4-6-8-9-13-11-14(10-7-5-2)15-12(13)3/h11H,4-10H2,1-3H3. The van der Waals surface area contributed by atoms with Crippen molar-refractivity contribution in [1.29, 1.82) is 0 Å². The minimum atomic E-state index is 1.10. The van der Waals surface area contributed by atoms with Crippen LogP contribution in [-0.2, 0) is 12.8 Å². The van der Waals surface area contributed by atoms with E-state index in [1.165, 1.54) is 49.8 Å². The average molecular weight is 208 g/mol. The van der Waals surface area contributed by atoms with Crippen molar-refractivity contribution in [2.24, 2.45) is 0 Å². The molecule has 0 N–H and O–H groups in total. The number of aryl methyl sites for hydroxylation is 3. The highest BCUT2D eigenvalue weighted by molar-refractivity contribution is 5.21. The second kappa shape index (κ2) is 6.71. The van der Waals surface area contributed by atoms with Gasteiger partial charge in [0, 0.05) is 6.42 Å². The van der Waals surface area contributed by atoms with E-state index in [0.717, 1.165) is 12.2 Å². The molecule has 0 atom stereocenters. The fourth-order valence-electron chi connectivity index (χ4n) is 1.88. The topological polar surface area (TPSA) is 13.1 Å². The van der Waals surface area contributed by atoms with Crippen molar-refractivity contribution in [2.45, 2.75) is 65.7 Å². The van der Waals surface area contributed by atoms with Crippen molar-refractivity contribution in [3.8, 4) is 0 Å². The summed E-state index contributed by atoms with van der Waals surface area (Å²) >= 11 is 0. The van der Waals surface area contributed by atoms with Crippen LogP contribution in [0, 0.1) is 6.92 Å². The van der Waals surface area contributed by atoms with Crippen LogP contribution >= 0.6 is 0 Å². The lowest BCUT2D eigenvalue weighted by Crippen LogP contribution is -1.84. The van der Waals surface area contributed by atoms with Gasteiger partial charge >= 0.3 is 0 Å². The van der Waals surface area contributed by atoms with E-state index in [-0.39, 0.29) is 0 Å². The van der Waals surface area contributed by atoms with E-state index in [2.05, 4.69) is 26.8 Å². The lowest BCUT2D eigenvalue weighted by atomic mass is 10.1. The number of furan rings is 1. The molecule has 0 spiro atoms. The maximum atomic E-state index is 5.75. The molecule has 0 aliphatic carbocycles. The van der Waals surface area contributed by atoms with E-state index in [0.29, 0.717) is 0 Å². The zero-order valence-electron chi connectivity index (χ0n) is 10.4. The van der Waals surface area contributed by atoms with E-state index in [4.69, 9.17) is 4.42 Å². The summed E-state index contributed by atoms with van der Waals surface area (Å²) in [6, 6.07) is 2.26. The van der Waals surface area contributed by atoms with Crippen molar-refractivity contribution >= 4 is 0 Å². The second-order valence-electron chi connectivity index (χ2n) is 4.35. The Labute approximate surface area is 93.9 Å². The monoisotopic (exact) mass is 208 g/mol. The molecule has 1 nitrogen and oxygen atoms in total. The fourth-order valence-corrected chi connectivity index (χ4v) is 1.88. The lowest BCUT2D eigenvalue weighted by Gasteiger charge is -1.96. The van der Waals surface area contributed by atoms with Gasteiger partial charge in [0.25, 0.3) is 0 Å². The minimum Gasteiger partial charge on any atom is -0.466 e. The Balaban J connectivity index is 2.45. The third kappa shape index (κ3) is 4.11. The van der Waals surface area contributed by atoms with Crippen molar-refractivity contribution < 1.29 is 4.42 Å². The molecule has 1 rings (SSSR count). The van der Waals surface area contributed by atoms with Crippen molar-refractivity contribution in [1.82, 2.24) is 0 Å². The molecule has 0 bridgehead atoms. The molecule has 0 fully saturated rings. The summed E-state index contributed by atoms with van der Waals surface area (Å²) in [7, 11) is 0. The zero-order chi connectivity index (χ0) is 11.1. The van der Waals surface area contributed by atoms with E-state index < -0.39 is 0 Å². The van der Waals surface area contributed by atoms with Crippen molar-refractivity contribution in [3.05, 3.63) is 23.2 Å². The summed E-state index contributed by atoms with van der Waals surface area (Å²) in [4.78, 5) is 0. The number of unbranched alkanes of at least 4 members (excludes halogenated alkanes) is 3. The van der Waals surface area contributed by atoms with E-state index >= 15 is 0 Å². The summed E-state index contributed by atoms with van der Waals surface area (Å²) in [5.74, 6) is 2.32. The van der Waals surface area contributed by atoms with Crippen LogP contribution in [0.2, 0.25) is 0 Å². The van der Waals surface area contributed by atoms with Crippen LogP contribution < -0.4 is 0 Å². The van der Waals surface area contributed by atoms with Crippen LogP contribution in [0.25, 0.3) is 0 Å². The Kier molecular flexibility index (Phi) is 5.52. The predicted octanol–water partition coefficient (Wildman–Crippen LogP) is 4.66. The quantitative estimate of drug-likeness (QED) is 0.594. The predicted molar refractivity (Wildman–Crippen MR) is 65.3 cm³/mol. The largest absolute Gasteiger partial charge is 0.466 e. The Bertz CT molecular complexity index is 273. The Hall–Kier alpha value is -0.720. The summed E-state index contributed by atoms with van der Waals surface area (Å²) in [6.45, 7) is 6.56. The number of rotatable bonds is 7. The van der Waals surface area contributed by atoms with Gasteiger partial charge in [-0.2, -0.15) is 0 Å². The van der Waals surface area contributed by atoms with Gasteiger partial charge in [0.2, 0.25) is 0 Å². The van der Waals surface area contributed by atoms with Gasteiger partial charge in [0.1, 0.15) is 11.5 Å². The lowest BCUT2D eigenvalue weighted by molar-refractivity contribution is 0.473. The molecule has 0 saturated carbocycles. The third-order valence-electron chi connectivity index (χ3n) is 2.90. The molecular weight excluding hydrogens is 184 g/mol. The normalized spacial score (nSPS) is 10.9. The molecule has 1 aromatic rings. The summed E-state index contributed by atoms with van der Waals surface area (Å²) in [6.07, 6.45) is 8.69. The van der Waals surface area contributed by atoms with Crippen LogP contribution in [0.5, 0.6) is 0 Å². The number of hydrogen-bond donors (Lipinski definition) is 0. The molecule has 1 heteroatoms. The van der Waals surface area contributed by atoms with Gasteiger partial charge in [-0.25, -0.2) is 0 Å². The van der Waals surface area contributed by atoms with Gasteiger partial charge in [-0.1, -0.05) is 33.1 Å². The molecule has 86 valence electrons. The maximum absolute atomic E-state index is 5.75. The molecular formula is C14H24O. The average Bonchev–Trinajstić information content (AvgIpc) is 2.57. The molecule has 0 amide bonds. The Morgan fingerprint density at radius 3 is 2.40 bits per heavy atom. The van der Waals surface area contributed by atoms with E-state index in [9.17, 15) is 0 Å². The highest BCUT2D eigenvalue weighted by atomic mass is 16.3. The molecule has 0 radical (unpaired) electrons. The molecule has 0 saturated heterocycles. The molecule has 0 aliphatic heterocycles. The summed E-state index contributed by atoms with van der Waals surface area (Å²) < 4.78 is 5.75. The first kappa shape index (κ1) is 12.4.